The van der Waals surface area contributed by atoms with Gasteiger partial charge in [-0.05, 0) is 79.4 Å². The van der Waals surface area contributed by atoms with E-state index in [9.17, 15) is 0 Å². The van der Waals surface area contributed by atoms with Gasteiger partial charge in [0.05, 0.1) is 0 Å². The van der Waals surface area contributed by atoms with Crippen LogP contribution in [0.3, 0.4) is 0 Å². The van der Waals surface area contributed by atoms with Crippen molar-refractivity contribution in [3.8, 4) is 0 Å². The van der Waals surface area contributed by atoms with Crippen molar-refractivity contribution in [2.75, 3.05) is 0 Å². The molecule has 5 fully saturated rings. The second-order valence-electron chi connectivity index (χ2n) is 8.49. The first-order valence-corrected chi connectivity index (χ1v) is 8.33. The van der Waals surface area contributed by atoms with Gasteiger partial charge in [-0.3, -0.25) is 0 Å². The van der Waals surface area contributed by atoms with Crippen molar-refractivity contribution < 1.29 is 4.74 Å². The number of hydrogen-bond acceptors (Lipinski definition) is 1. The van der Waals surface area contributed by atoms with Gasteiger partial charge in [0.25, 0.3) is 0 Å². The topological polar surface area (TPSA) is 12.5 Å². The Labute approximate surface area is 108 Å². The van der Waals surface area contributed by atoms with Gasteiger partial charge in [-0.1, -0.05) is 0 Å². The van der Waals surface area contributed by atoms with E-state index in [4.69, 9.17) is 4.74 Å². The molecule has 0 aromatic carbocycles. The lowest BCUT2D eigenvalue weighted by Crippen LogP contribution is -2.39. The number of rotatable bonds is 0. The summed E-state index contributed by atoms with van der Waals surface area (Å²) in [5.74, 6) is 13.9. The van der Waals surface area contributed by atoms with Crippen molar-refractivity contribution in [2.24, 2.45) is 59.2 Å². The van der Waals surface area contributed by atoms with Gasteiger partial charge in [-0.25, -0.2) is 0 Å². The average Bonchev–Trinajstić information content (AvgIpc) is 2.96. The van der Waals surface area contributed by atoms with E-state index in [0.29, 0.717) is 0 Å². The Bertz CT molecular complexity index is 478. The van der Waals surface area contributed by atoms with Crippen LogP contribution in [-0.2, 0) is 4.74 Å². The van der Waals surface area contributed by atoms with E-state index in [2.05, 4.69) is 0 Å². The van der Waals surface area contributed by atoms with E-state index in [1.54, 1.807) is 25.7 Å². The highest BCUT2D eigenvalue weighted by Crippen LogP contribution is 2.79. The van der Waals surface area contributed by atoms with E-state index in [1.165, 1.54) is 29.8 Å². The molecule has 1 heterocycles. The summed E-state index contributed by atoms with van der Waals surface area (Å²) in [4.78, 5) is 0. The van der Waals surface area contributed by atoms with E-state index in [-0.39, 0.29) is 0 Å². The number of allylic oxidation sites excluding steroid dienone is 2. The smallest absolute Gasteiger partial charge is 0.146 e. The van der Waals surface area contributed by atoms with Gasteiger partial charge in [0.15, 0.2) is 0 Å². The molecule has 6 bridgehead atoms. The van der Waals surface area contributed by atoms with E-state index in [0.717, 1.165) is 47.3 Å². The average molecular weight is 240 g/mol. The fourth-order valence-electron chi connectivity index (χ4n) is 8.57. The normalized spacial score (nSPS) is 71.6. The summed E-state index contributed by atoms with van der Waals surface area (Å²) in [6, 6.07) is 0. The lowest BCUT2D eigenvalue weighted by molar-refractivity contribution is 0.0505. The van der Waals surface area contributed by atoms with Crippen LogP contribution in [0.2, 0.25) is 0 Å². The third-order valence-corrected chi connectivity index (χ3v) is 8.54. The van der Waals surface area contributed by atoms with Crippen molar-refractivity contribution >= 4 is 0 Å². The van der Waals surface area contributed by atoms with Crippen LogP contribution in [0.5, 0.6) is 0 Å². The molecule has 7 rings (SSSR count). The van der Waals surface area contributed by atoms with Crippen molar-refractivity contribution in [1.82, 2.24) is 0 Å². The fourth-order valence-corrected chi connectivity index (χ4v) is 8.57. The molecule has 10 unspecified atom stereocenters. The van der Waals surface area contributed by atoms with Crippen LogP contribution >= 0.6 is 0 Å². The number of ether oxygens (including phenoxy) is 1. The molecule has 94 valence electrons. The molecular weight excluding hydrogens is 220 g/mol. The van der Waals surface area contributed by atoms with Gasteiger partial charge in [0.1, 0.15) is 11.5 Å². The van der Waals surface area contributed by atoms with Gasteiger partial charge in [-0.2, -0.15) is 0 Å². The van der Waals surface area contributed by atoms with Crippen LogP contribution in [0.1, 0.15) is 32.1 Å². The van der Waals surface area contributed by atoms with Crippen LogP contribution < -0.4 is 0 Å². The second-order valence-corrected chi connectivity index (χ2v) is 8.49. The van der Waals surface area contributed by atoms with E-state index in [1.807, 2.05) is 0 Å². The van der Waals surface area contributed by atoms with Gasteiger partial charge in [0.2, 0.25) is 0 Å². The van der Waals surface area contributed by atoms with Gasteiger partial charge in [-0.15, -0.1) is 0 Å². The SMILES string of the molecule is C1CC2CC1C1C3CC(C21)C1C2CC(C4=C2O4)C31. The first-order chi connectivity index (χ1) is 8.92. The maximum absolute atomic E-state index is 5.83. The van der Waals surface area contributed by atoms with Crippen LogP contribution in [-0.4, -0.2) is 0 Å². The highest BCUT2D eigenvalue weighted by Gasteiger charge is 2.74. The lowest BCUT2D eigenvalue weighted by atomic mass is 9.61. The van der Waals surface area contributed by atoms with Crippen molar-refractivity contribution in [3.63, 3.8) is 0 Å². The summed E-state index contributed by atoms with van der Waals surface area (Å²) < 4.78 is 5.83. The van der Waals surface area contributed by atoms with Gasteiger partial charge < -0.3 is 4.74 Å². The molecule has 0 amide bonds. The highest BCUT2D eigenvalue weighted by molar-refractivity contribution is 5.38. The molecule has 0 N–H and O–H groups in total. The summed E-state index contributed by atoms with van der Waals surface area (Å²) in [5.41, 5.74) is 0. The molecule has 0 saturated heterocycles. The molecule has 7 aliphatic rings. The number of hydrogen-bond donors (Lipinski definition) is 0. The minimum atomic E-state index is 0.907. The minimum Gasteiger partial charge on any atom is -0.458 e. The minimum absolute atomic E-state index is 0.907. The number of fused-ring (bicyclic) bond motifs is 18. The molecule has 0 aromatic rings. The molecular formula is C17H20O. The zero-order valence-electron chi connectivity index (χ0n) is 10.7. The Hall–Kier alpha value is -0.460. The third kappa shape index (κ3) is 0.660. The summed E-state index contributed by atoms with van der Waals surface area (Å²) in [5, 5.41) is 0. The fraction of sp³-hybridized carbons (Fsp3) is 0.882. The molecule has 6 aliphatic carbocycles. The maximum Gasteiger partial charge on any atom is 0.146 e. The monoisotopic (exact) mass is 240 g/mol. The Morgan fingerprint density at radius 2 is 1.28 bits per heavy atom. The summed E-state index contributed by atoms with van der Waals surface area (Å²) in [6.45, 7) is 0. The van der Waals surface area contributed by atoms with Crippen molar-refractivity contribution in [3.05, 3.63) is 11.5 Å². The Morgan fingerprint density at radius 3 is 1.89 bits per heavy atom. The largest absolute Gasteiger partial charge is 0.458 e. The van der Waals surface area contributed by atoms with Gasteiger partial charge >= 0.3 is 0 Å². The predicted molar refractivity (Wildman–Crippen MR) is 66.1 cm³/mol. The first-order valence-electron chi connectivity index (χ1n) is 8.33. The lowest BCUT2D eigenvalue weighted by Gasteiger charge is -2.43. The molecule has 1 aliphatic heterocycles. The van der Waals surface area contributed by atoms with Crippen molar-refractivity contribution in [1.29, 1.82) is 0 Å². The second kappa shape index (κ2) is 2.31. The summed E-state index contributed by atoms with van der Waals surface area (Å²) >= 11 is 0. The van der Waals surface area contributed by atoms with Gasteiger partial charge in [0, 0.05) is 11.8 Å². The van der Waals surface area contributed by atoms with Crippen LogP contribution in [0.15, 0.2) is 11.5 Å². The molecule has 10 atom stereocenters. The zero-order chi connectivity index (χ0) is 11.2. The predicted octanol–water partition coefficient (Wildman–Crippen LogP) is 3.42. The van der Waals surface area contributed by atoms with Crippen LogP contribution in [0, 0.1) is 59.2 Å². The molecule has 5 saturated carbocycles. The summed E-state index contributed by atoms with van der Waals surface area (Å²) in [7, 11) is 0. The third-order valence-electron chi connectivity index (χ3n) is 8.54. The molecule has 0 aromatic heterocycles. The Kier molecular flexibility index (Phi) is 1.11. The Morgan fingerprint density at radius 1 is 0.667 bits per heavy atom. The first kappa shape index (κ1) is 8.66. The quantitative estimate of drug-likeness (QED) is 0.591. The Balaban J connectivity index is 1.40. The molecule has 0 radical (unpaired) electrons. The molecule has 18 heavy (non-hydrogen) atoms. The van der Waals surface area contributed by atoms with Crippen molar-refractivity contribution in [2.45, 2.75) is 32.1 Å². The maximum atomic E-state index is 5.83. The standard InChI is InChI=1S/C17H20O/c1-2-7-3-6(1)12-8-4-9(13(7)12)15-11-5-10(14(8)15)16-17(11)18-16/h6-15H,1-5H2. The van der Waals surface area contributed by atoms with E-state index >= 15 is 0 Å². The highest BCUT2D eigenvalue weighted by atomic mass is 16.6. The zero-order valence-corrected chi connectivity index (χ0v) is 10.7. The van der Waals surface area contributed by atoms with Crippen LogP contribution in [0.25, 0.3) is 0 Å². The molecule has 0 spiro atoms. The van der Waals surface area contributed by atoms with Crippen LogP contribution in [0.4, 0.5) is 0 Å². The van der Waals surface area contributed by atoms with E-state index < -0.39 is 0 Å². The summed E-state index contributed by atoms with van der Waals surface area (Å²) in [6.07, 6.45) is 7.93. The molecule has 1 nitrogen and oxygen atoms in total. The molecule has 1 heteroatoms.